The van der Waals surface area contributed by atoms with Gasteiger partial charge in [0.25, 0.3) is 0 Å². The lowest BCUT2D eigenvalue weighted by Crippen LogP contribution is -2.20. The molecule has 1 heterocycles. The Morgan fingerprint density at radius 3 is 2.33 bits per heavy atom. The Morgan fingerprint density at radius 2 is 1.72 bits per heavy atom. The minimum atomic E-state index is -3.46. The second-order valence-corrected chi connectivity index (χ2v) is 10.2. The molecule has 0 atom stereocenters. The Kier molecular flexibility index (Phi) is 9.92. The van der Waals surface area contributed by atoms with E-state index in [0.717, 1.165) is 19.1 Å². The lowest BCUT2D eigenvalue weighted by atomic mass is 9.98. The van der Waals surface area contributed by atoms with E-state index in [2.05, 4.69) is 11.6 Å². The van der Waals surface area contributed by atoms with Crippen LogP contribution in [-0.2, 0) is 25.9 Å². The van der Waals surface area contributed by atoms with Crippen LogP contribution in [0.1, 0.15) is 61.7 Å². The number of hydrogen-bond acceptors (Lipinski definition) is 7. The van der Waals surface area contributed by atoms with E-state index < -0.39 is 10.0 Å². The fourth-order valence-corrected chi connectivity index (χ4v) is 4.45. The summed E-state index contributed by atoms with van der Waals surface area (Å²) >= 11 is 0. The number of sulfonamides is 1. The molecular weight excluding hydrogens is 482 g/mol. The Labute approximate surface area is 213 Å². The first kappa shape index (κ1) is 27.7. The fourth-order valence-electron chi connectivity index (χ4n) is 3.89. The number of anilines is 1. The molecule has 8 nitrogen and oxygen atoms in total. The molecule has 0 saturated carbocycles. The molecule has 2 aromatic carbocycles. The van der Waals surface area contributed by atoms with Crippen molar-refractivity contribution < 1.29 is 31.8 Å². The molecule has 0 amide bonds. The van der Waals surface area contributed by atoms with Gasteiger partial charge < -0.3 is 18.6 Å². The second-order valence-electron chi connectivity index (χ2n) is 8.42. The molecule has 196 valence electrons. The zero-order chi connectivity index (χ0) is 26.1. The first-order chi connectivity index (χ1) is 17.3. The van der Waals surface area contributed by atoms with Gasteiger partial charge in [-0.15, -0.1) is 0 Å². The maximum absolute atomic E-state index is 13.6. The van der Waals surface area contributed by atoms with E-state index in [1.54, 1.807) is 42.5 Å². The highest BCUT2D eigenvalue weighted by Crippen LogP contribution is 2.32. The molecule has 1 N–H and O–H groups in total. The number of furan rings is 1. The van der Waals surface area contributed by atoms with Gasteiger partial charge in [-0.3, -0.25) is 9.52 Å². The van der Waals surface area contributed by atoms with Crippen molar-refractivity contribution in [2.75, 3.05) is 30.8 Å². The normalized spacial score (nSPS) is 11.8. The minimum absolute atomic E-state index is 0.185. The van der Waals surface area contributed by atoms with Crippen LogP contribution in [0.15, 0.2) is 46.9 Å². The Hall–Kier alpha value is -2.88. The molecule has 0 aliphatic carbocycles. The standard InChI is InChI=1S/C27H35NO7S/c1-5-8-9-24-26(22-18-20(28-36(4,30)31)12-15-23(22)35-24)27(29)19-10-13-21(14-11-19)34-17-16-25(32-6-2)33-7-3/h10-15,18,25,28H,5-9,16-17H2,1-4H3. The number of carbonyl (C=O) groups excluding carboxylic acids is 1. The average molecular weight is 518 g/mol. The predicted octanol–water partition coefficient (Wildman–Crippen LogP) is 5.55. The van der Waals surface area contributed by atoms with Gasteiger partial charge in [0.05, 0.1) is 18.4 Å². The molecule has 3 rings (SSSR count). The molecule has 0 radical (unpaired) electrons. The van der Waals surface area contributed by atoms with Crippen LogP contribution in [0.3, 0.4) is 0 Å². The highest BCUT2D eigenvalue weighted by Gasteiger charge is 2.22. The molecule has 0 unspecified atom stereocenters. The van der Waals surface area contributed by atoms with Crippen molar-refractivity contribution >= 4 is 32.5 Å². The summed E-state index contributed by atoms with van der Waals surface area (Å²) in [5, 5.41) is 0.581. The van der Waals surface area contributed by atoms with Crippen LogP contribution < -0.4 is 9.46 Å². The van der Waals surface area contributed by atoms with Gasteiger partial charge in [0.1, 0.15) is 17.1 Å². The first-order valence-electron chi connectivity index (χ1n) is 12.3. The second kappa shape index (κ2) is 12.9. The van der Waals surface area contributed by atoms with Gasteiger partial charge in [0.2, 0.25) is 10.0 Å². The zero-order valence-electron chi connectivity index (χ0n) is 21.3. The summed E-state index contributed by atoms with van der Waals surface area (Å²) < 4.78 is 48.8. The molecule has 0 aliphatic rings. The summed E-state index contributed by atoms with van der Waals surface area (Å²) in [6, 6.07) is 11.9. The number of fused-ring (bicyclic) bond motifs is 1. The van der Waals surface area contributed by atoms with Crippen molar-refractivity contribution in [2.24, 2.45) is 0 Å². The van der Waals surface area contributed by atoms with Crippen molar-refractivity contribution in [2.45, 2.75) is 52.7 Å². The maximum Gasteiger partial charge on any atom is 0.229 e. The van der Waals surface area contributed by atoms with E-state index in [-0.39, 0.29) is 12.1 Å². The quantitative estimate of drug-likeness (QED) is 0.208. The molecule has 0 aliphatic heterocycles. The molecule has 0 saturated heterocycles. The van der Waals surface area contributed by atoms with Crippen molar-refractivity contribution in [3.05, 3.63) is 59.4 Å². The smallest absolute Gasteiger partial charge is 0.229 e. The highest BCUT2D eigenvalue weighted by molar-refractivity contribution is 7.92. The number of ether oxygens (including phenoxy) is 3. The number of ketones is 1. The van der Waals surface area contributed by atoms with Gasteiger partial charge in [-0.2, -0.15) is 0 Å². The first-order valence-corrected chi connectivity index (χ1v) is 14.2. The van der Waals surface area contributed by atoms with Crippen molar-refractivity contribution in [3.63, 3.8) is 0 Å². The summed E-state index contributed by atoms with van der Waals surface area (Å²) in [4.78, 5) is 13.6. The fraction of sp³-hybridized carbons (Fsp3) is 0.444. The number of benzene rings is 2. The van der Waals surface area contributed by atoms with Gasteiger partial charge in [-0.25, -0.2) is 8.42 Å². The van der Waals surface area contributed by atoms with Gasteiger partial charge in [0.15, 0.2) is 12.1 Å². The van der Waals surface area contributed by atoms with E-state index in [1.807, 2.05) is 13.8 Å². The van der Waals surface area contributed by atoms with Gasteiger partial charge >= 0.3 is 0 Å². The number of unbranched alkanes of at least 4 members (excludes halogenated alkanes) is 1. The molecule has 0 fully saturated rings. The third-order valence-corrected chi connectivity index (χ3v) is 6.10. The largest absolute Gasteiger partial charge is 0.493 e. The molecule has 1 aromatic heterocycles. The molecule has 9 heteroatoms. The van der Waals surface area contributed by atoms with Crippen LogP contribution in [0.2, 0.25) is 0 Å². The van der Waals surface area contributed by atoms with Gasteiger partial charge in [-0.05, 0) is 62.7 Å². The van der Waals surface area contributed by atoms with E-state index in [9.17, 15) is 13.2 Å². The lowest BCUT2D eigenvalue weighted by molar-refractivity contribution is -0.142. The number of carbonyl (C=O) groups is 1. The predicted molar refractivity (Wildman–Crippen MR) is 140 cm³/mol. The monoisotopic (exact) mass is 517 g/mol. The van der Waals surface area contributed by atoms with Gasteiger partial charge in [0, 0.05) is 42.7 Å². The molecule has 36 heavy (non-hydrogen) atoms. The van der Waals surface area contributed by atoms with Gasteiger partial charge in [-0.1, -0.05) is 13.3 Å². The number of hydrogen-bond donors (Lipinski definition) is 1. The third kappa shape index (κ3) is 7.56. The van der Waals surface area contributed by atoms with E-state index in [1.165, 1.54) is 0 Å². The molecular formula is C27H35NO7S. The third-order valence-electron chi connectivity index (χ3n) is 5.49. The summed E-state index contributed by atoms with van der Waals surface area (Å²) in [5.74, 6) is 1.06. The summed E-state index contributed by atoms with van der Waals surface area (Å²) in [5.41, 5.74) is 1.87. The van der Waals surface area contributed by atoms with Crippen LogP contribution in [0.5, 0.6) is 5.75 Å². The Balaban J connectivity index is 1.82. The van der Waals surface area contributed by atoms with Crippen molar-refractivity contribution in [3.8, 4) is 5.75 Å². The lowest BCUT2D eigenvalue weighted by Gasteiger charge is -2.17. The topological polar surface area (TPSA) is 104 Å². The number of rotatable bonds is 15. The van der Waals surface area contributed by atoms with Crippen LogP contribution in [-0.4, -0.2) is 46.6 Å². The average Bonchev–Trinajstić information content (AvgIpc) is 3.19. The number of aryl methyl sites for hydroxylation is 1. The van der Waals surface area contributed by atoms with Crippen LogP contribution in [0.4, 0.5) is 5.69 Å². The molecule has 0 bridgehead atoms. The van der Waals surface area contributed by atoms with Crippen LogP contribution in [0, 0.1) is 0 Å². The van der Waals surface area contributed by atoms with E-state index in [4.69, 9.17) is 18.6 Å². The SMILES string of the molecule is CCCCc1oc2ccc(NS(C)(=O)=O)cc2c1C(=O)c1ccc(OCCC(OCC)OCC)cc1. The van der Waals surface area contributed by atoms with Crippen molar-refractivity contribution in [1.82, 2.24) is 0 Å². The Bertz CT molecular complexity index is 1240. The van der Waals surface area contributed by atoms with Crippen LogP contribution >= 0.6 is 0 Å². The highest BCUT2D eigenvalue weighted by atomic mass is 32.2. The Morgan fingerprint density at radius 1 is 1.03 bits per heavy atom. The van der Waals surface area contributed by atoms with Crippen molar-refractivity contribution in [1.29, 1.82) is 0 Å². The number of nitrogens with one attached hydrogen (secondary N) is 1. The maximum atomic E-state index is 13.6. The van der Waals surface area contributed by atoms with Crippen LogP contribution in [0.25, 0.3) is 11.0 Å². The summed E-state index contributed by atoms with van der Waals surface area (Å²) in [6.07, 6.45) is 3.80. The summed E-state index contributed by atoms with van der Waals surface area (Å²) in [7, 11) is -3.46. The van der Waals surface area contributed by atoms with E-state index in [0.29, 0.717) is 72.0 Å². The minimum Gasteiger partial charge on any atom is -0.493 e. The zero-order valence-corrected chi connectivity index (χ0v) is 22.2. The summed E-state index contributed by atoms with van der Waals surface area (Å²) in [6.45, 7) is 7.46. The molecule has 0 spiro atoms. The van der Waals surface area contributed by atoms with E-state index >= 15 is 0 Å². The molecule has 3 aromatic rings.